The molecule has 4 aliphatic heterocycles. The van der Waals surface area contributed by atoms with Crippen LogP contribution in [0.2, 0.25) is 5.02 Å². The van der Waals surface area contributed by atoms with Crippen molar-refractivity contribution in [1.82, 2.24) is 20.7 Å². The molecule has 0 saturated carbocycles. The normalized spacial score (nSPS) is 26.4. The molecule has 3 saturated heterocycles. The minimum Gasteiger partial charge on any atom is -0.507 e. The number of aryl methyl sites for hydroxylation is 1. The molecule has 0 radical (unpaired) electrons. The number of alkyl carbamates (subject to hydrolysis) is 1. The number of esters is 1. The van der Waals surface area contributed by atoms with E-state index in [1.54, 1.807) is 51.2 Å². The van der Waals surface area contributed by atoms with Crippen LogP contribution in [-0.4, -0.2) is 161 Å². The number of carbonyl (C=O) groups is 8. The standard InChI is InChI=1S/C57H73ClN6O17S2/c1-31-13-11-14-42(76-10)57(74)29-41(78-54(73)59-57)32(2)52-56(6,80-52)43(28-48(70)63(8)38-24-34(23-31)25-40(75-9)51(38)58)79-53(72)33(3)62(7)45(67)20-22-82-83-55(4,5)30-44(66)61-60-37-17-16-35-26-36(27-39(65)50(35)37)77-21-12-15-49(71)81-64-46(68)18-19-47(64)69/h11,13-14,24-27,32-33,41-43,52,65,74H,12,15-23,28-30H2,1-10H3,(H,59,73)(H,61,66)/b14-11+,31-13+,60-37+/t32-,33+,41+,42-,43+,52+,56?,57+/m1/s1. The van der Waals surface area contributed by atoms with Crippen LogP contribution in [0.1, 0.15) is 116 Å². The molecule has 3 fully saturated rings. The number of aliphatic hydroxyl groups is 1. The molecule has 6 amide bonds. The van der Waals surface area contributed by atoms with Crippen LogP contribution >= 0.6 is 33.2 Å². The van der Waals surface area contributed by atoms with Crippen LogP contribution in [0.5, 0.6) is 17.2 Å². The summed E-state index contributed by atoms with van der Waals surface area (Å²) in [6, 6.07) is 5.60. The molecule has 23 nitrogen and oxygen atoms in total. The number of phenolic OH excluding ortho intramolecular Hbond substituents is 1. The highest BCUT2D eigenvalue weighted by Gasteiger charge is 2.64. The minimum absolute atomic E-state index is 0.000201. The molecule has 0 spiro atoms. The molecule has 26 heteroatoms. The summed E-state index contributed by atoms with van der Waals surface area (Å²) in [5.74, 6) is -3.54. The van der Waals surface area contributed by atoms with Crippen LogP contribution in [0.25, 0.3) is 0 Å². The highest BCUT2D eigenvalue weighted by Crippen LogP contribution is 2.49. The maximum Gasteiger partial charge on any atom is 0.409 e. The molecule has 5 aliphatic rings. The van der Waals surface area contributed by atoms with Crippen LogP contribution < -0.4 is 25.1 Å². The summed E-state index contributed by atoms with van der Waals surface area (Å²) in [7, 11) is 8.70. The predicted molar refractivity (Wildman–Crippen MR) is 307 cm³/mol. The van der Waals surface area contributed by atoms with Gasteiger partial charge in [0.2, 0.25) is 17.7 Å². The molecule has 2 aromatic carbocycles. The number of nitrogens with one attached hydrogen (secondary N) is 2. The highest BCUT2D eigenvalue weighted by atomic mass is 35.5. The summed E-state index contributed by atoms with van der Waals surface area (Å²) >= 11 is 6.83. The van der Waals surface area contributed by atoms with Crippen LogP contribution in [0.3, 0.4) is 0 Å². The molecular formula is C57H73ClN6O17S2. The number of benzene rings is 2. The van der Waals surface area contributed by atoms with Crippen LogP contribution in [0, 0.1) is 5.92 Å². The zero-order chi connectivity index (χ0) is 60.7. The fraction of sp³-hybridized carbons (Fsp3) is 0.561. The van der Waals surface area contributed by atoms with Crippen LogP contribution in [0.15, 0.2) is 53.2 Å². The van der Waals surface area contributed by atoms with Gasteiger partial charge in [-0.25, -0.2) is 19.8 Å². The molecule has 0 aromatic heterocycles. The Morgan fingerprint density at radius 1 is 1.05 bits per heavy atom. The molecule has 4 heterocycles. The molecule has 7 rings (SSSR count). The number of methoxy groups -OCH3 is 2. The first-order chi connectivity index (χ1) is 39.2. The van der Waals surface area contributed by atoms with Gasteiger partial charge in [0.15, 0.2) is 5.72 Å². The number of anilines is 1. The van der Waals surface area contributed by atoms with E-state index in [0.717, 1.165) is 16.7 Å². The first-order valence-corrected chi connectivity index (χ1v) is 29.9. The van der Waals surface area contributed by atoms with Gasteiger partial charge in [0, 0.05) is 81.4 Å². The SMILES string of the molecule is COc1cc2cc(c1Cl)N(C)C(=O)C[C@H](OC(=O)[C@H](C)N(C)C(=O)CCSSC(C)(C)CC(=O)N/N=C1\CCc3cc(OCCCC(=O)ON4C(=O)CCC4=O)cc(O)c31)C1(C)O[C@H]1[C@H](C)[C@@H]1C[C@@](O)(NC(=O)O1)[C@H](OC)/C=C/C=C(\C)C2. The van der Waals surface area contributed by atoms with E-state index in [4.69, 9.17) is 44.9 Å². The number of halogens is 1. The summed E-state index contributed by atoms with van der Waals surface area (Å²) < 4.78 is 34.7. The number of fused-ring (bicyclic) bond motifs is 6. The number of hydrogen-bond acceptors (Lipinski definition) is 20. The van der Waals surface area contributed by atoms with Gasteiger partial charge >= 0.3 is 18.0 Å². The van der Waals surface area contributed by atoms with E-state index in [-0.39, 0.29) is 80.6 Å². The Morgan fingerprint density at radius 2 is 1.77 bits per heavy atom. The lowest BCUT2D eigenvalue weighted by atomic mass is 9.83. The molecule has 8 atom stereocenters. The van der Waals surface area contributed by atoms with E-state index in [2.05, 4.69) is 15.8 Å². The number of allylic oxidation sites excluding steroid dienone is 3. The number of hydrazone groups is 1. The molecule has 2 aromatic rings. The van der Waals surface area contributed by atoms with Crippen molar-refractivity contribution in [1.29, 1.82) is 0 Å². The largest absolute Gasteiger partial charge is 0.507 e. The Hall–Kier alpha value is -6.38. The summed E-state index contributed by atoms with van der Waals surface area (Å²) in [5.41, 5.74) is 3.17. The van der Waals surface area contributed by atoms with Crippen molar-refractivity contribution in [3.8, 4) is 17.2 Å². The Bertz CT molecular complexity index is 2940. The number of likely N-dealkylation sites (N-methyl/N-ethyl adjacent to an activating group) is 1. The van der Waals surface area contributed by atoms with Crippen molar-refractivity contribution < 1.29 is 81.8 Å². The van der Waals surface area contributed by atoms with Gasteiger partial charge in [0.05, 0.1) is 44.1 Å². The maximum absolute atomic E-state index is 14.4. The fourth-order valence-corrected chi connectivity index (χ4v) is 13.1. The number of nitrogens with zero attached hydrogens (tertiary/aromatic N) is 4. The van der Waals surface area contributed by atoms with Gasteiger partial charge in [-0.2, -0.15) is 5.10 Å². The Balaban J connectivity index is 0.925. The van der Waals surface area contributed by atoms with E-state index in [9.17, 15) is 48.6 Å². The molecule has 1 unspecified atom stereocenters. The van der Waals surface area contributed by atoms with Gasteiger partial charge in [-0.05, 0) is 89.6 Å². The van der Waals surface area contributed by atoms with Gasteiger partial charge in [0.1, 0.15) is 52.2 Å². The number of amides is 6. The monoisotopic (exact) mass is 1210 g/mol. The summed E-state index contributed by atoms with van der Waals surface area (Å²) in [4.78, 5) is 111. The number of phenols is 1. The van der Waals surface area contributed by atoms with E-state index in [1.165, 1.54) is 65.6 Å². The van der Waals surface area contributed by atoms with Crippen molar-refractivity contribution in [3.63, 3.8) is 0 Å². The zero-order valence-corrected chi connectivity index (χ0v) is 50.6. The van der Waals surface area contributed by atoms with Gasteiger partial charge in [-0.3, -0.25) is 29.3 Å². The van der Waals surface area contributed by atoms with Crippen molar-refractivity contribution in [2.75, 3.05) is 45.6 Å². The average molecular weight is 1210 g/mol. The number of imide groups is 1. The summed E-state index contributed by atoms with van der Waals surface area (Å²) in [6.07, 6.45) is 1.60. The van der Waals surface area contributed by atoms with E-state index >= 15 is 0 Å². The molecule has 452 valence electrons. The Labute approximate surface area is 494 Å². The minimum atomic E-state index is -1.88. The molecule has 4 N–H and O–H groups in total. The zero-order valence-electron chi connectivity index (χ0n) is 48.2. The Kier molecular flexibility index (Phi) is 21.0. The quantitative estimate of drug-likeness (QED) is 0.0296. The van der Waals surface area contributed by atoms with Crippen molar-refractivity contribution in [3.05, 3.63) is 69.8 Å². The third kappa shape index (κ3) is 15.7. The van der Waals surface area contributed by atoms with Crippen LogP contribution in [-0.2, 0) is 70.2 Å². The number of hydroxylamine groups is 2. The topological polar surface area (TPSA) is 291 Å². The number of epoxide rings is 1. The van der Waals surface area contributed by atoms with E-state index < -0.39 is 88.2 Å². The van der Waals surface area contributed by atoms with E-state index in [1.807, 2.05) is 26.8 Å². The predicted octanol–water partition coefficient (Wildman–Crippen LogP) is 6.39. The second kappa shape index (κ2) is 27.1. The first-order valence-electron chi connectivity index (χ1n) is 27.2. The second-order valence-corrected chi connectivity index (χ2v) is 25.6. The average Bonchev–Trinajstić information content (AvgIpc) is 4.08. The smallest absolute Gasteiger partial charge is 0.409 e. The lowest BCUT2D eigenvalue weighted by Gasteiger charge is -2.42. The van der Waals surface area contributed by atoms with Gasteiger partial charge in [-0.1, -0.05) is 63.9 Å². The van der Waals surface area contributed by atoms with Crippen molar-refractivity contribution in [2.24, 2.45) is 11.0 Å². The maximum atomic E-state index is 14.4. The molecule has 4 bridgehead atoms. The highest BCUT2D eigenvalue weighted by molar-refractivity contribution is 8.77. The van der Waals surface area contributed by atoms with Gasteiger partial charge < -0.3 is 53.3 Å². The number of aromatic hydroxyl groups is 1. The van der Waals surface area contributed by atoms with Crippen LogP contribution in [0.4, 0.5) is 10.5 Å². The molecular weight excluding hydrogens is 1140 g/mol. The summed E-state index contributed by atoms with van der Waals surface area (Å²) in [5, 5.41) is 30.3. The van der Waals surface area contributed by atoms with Crippen molar-refractivity contribution >= 4 is 92.2 Å². The number of carbonyl (C=O) groups excluding carboxylic acids is 8. The lowest BCUT2D eigenvalue weighted by Crippen LogP contribution is -2.63. The lowest BCUT2D eigenvalue weighted by molar-refractivity contribution is -0.197. The van der Waals surface area contributed by atoms with Gasteiger partial charge in [0.25, 0.3) is 11.8 Å². The van der Waals surface area contributed by atoms with E-state index in [0.29, 0.717) is 58.5 Å². The number of hydrogen-bond donors (Lipinski definition) is 4. The molecule has 1 aliphatic carbocycles. The fourth-order valence-electron chi connectivity index (χ4n) is 10.3. The summed E-state index contributed by atoms with van der Waals surface area (Å²) in [6.45, 7) is 10.7. The first kappa shape index (κ1) is 64.2. The molecule has 83 heavy (non-hydrogen) atoms. The Morgan fingerprint density at radius 3 is 2.47 bits per heavy atom. The second-order valence-electron chi connectivity index (χ2n) is 22.1. The third-order valence-corrected chi connectivity index (χ3v) is 18.9. The number of ether oxygens (including phenoxy) is 6. The third-order valence-electron chi connectivity index (χ3n) is 15.2. The van der Waals surface area contributed by atoms with Crippen molar-refractivity contribution in [2.45, 2.75) is 159 Å². The van der Waals surface area contributed by atoms with Gasteiger partial charge in [-0.15, -0.1) is 5.06 Å². The number of rotatable bonds is 19.